The Kier molecular flexibility index (Phi) is 4.03. The van der Waals surface area contributed by atoms with E-state index in [1.54, 1.807) is 0 Å². The van der Waals surface area contributed by atoms with Gasteiger partial charge in [-0.1, -0.05) is 0 Å². The Balaban J connectivity index is 1.80. The van der Waals surface area contributed by atoms with Crippen LogP contribution in [0.2, 0.25) is 0 Å². The van der Waals surface area contributed by atoms with E-state index in [-0.39, 0.29) is 31.0 Å². The fourth-order valence-corrected chi connectivity index (χ4v) is 2.87. The molecule has 2 aliphatic rings. The van der Waals surface area contributed by atoms with Gasteiger partial charge in [0.2, 0.25) is 6.29 Å². The third kappa shape index (κ3) is 3.11. The van der Waals surface area contributed by atoms with Gasteiger partial charge in [-0.05, 0) is 18.2 Å². The van der Waals surface area contributed by atoms with Crippen LogP contribution < -0.4 is 14.9 Å². The first-order valence-corrected chi connectivity index (χ1v) is 8.33. The number of carbonyl (C=O) groups is 1. The number of hydrazone groups is 1. The average molecular weight is 359 g/mol. The van der Waals surface area contributed by atoms with Gasteiger partial charge in [0.05, 0.1) is 24.5 Å². The van der Waals surface area contributed by atoms with E-state index in [0.717, 1.165) is 17.3 Å². The van der Waals surface area contributed by atoms with Gasteiger partial charge in [0.1, 0.15) is 12.2 Å². The summed E-state index contributed by atoms with van der Waals surface area (Å²) < 4.78 is 42.0. The minimum Gasteiger partial charge on any atom is -0.417 e. The van der Waals surface area contributed by atoms with Crippen LogP contribution in [-0.4, -0.2) is 56.3 Å². The van der Waals surface area contributed by atoms with Gasteiger partial charge < -0.3 is 14.7 Å². The Morgan fingerprint density at radius 3 is 2.62 bits per heavy atom. The van der Waals surface area contributed by atoms with Crippen LogP contribution in [0.25, 0.3) is 0 Å². The van der Waals surface area contributed by atoms with Crippen LogP contribution in [0.5, 0.6) is 0 Å². The van der Waals surface area contributed by atoms with Crippen molar-refractivity contribution in [1.29, 1.82) is 0 Å². The number of amides is 1. The number of nitrogens with two attached hydrogens (primary N) is 1. The van der Waals surface area contributed by atoms with Crippen molar-refractivity contribution in [3.63, 3.8) is 0 Å². The van der Waals surface area contributed by atoms with Crippen LogP contribution >= 0.6 is 0 Å². The number of anilines is 2. The zero-order valence-electron chi connectivity index (χ0n) is 12.2. The highest BCUT2D eigenvalue weighted by molar-refractivity contribution is 7.86. The van der Waals surface area contributed by atoms with Crippen LogP contribution in [0.4, 0.5) is 20.6 Å². The van der Waals surface area contributed by atoms with Crippen molar-refractivity contribution < 1.29 is 27.4 Å². The molecule has 130 valence electrons. The van der Waals surface area contributed by atoms with Gasteiger partial charge in [0.15, 0.2) is 0 Å². The van der Waals surface area contributed by atoms with Gasteiger partial charge in [-0.2, -0.15) is 17.9 Å². The van der Waals surface area contributed by atoms with Crippen molar-refractivity contribution in [2.45, 2.75) is 6.29 Å². The molecule has 24 heavy (non-hydrogen) atoms. The van der Waals surface area contributed by atoms with E-state index in [1.165, 1.54) is 17.0 Å². The number of benzene rings is 1. The van der Waals surface area contributed by atoms with Crippen LogP contribution in [-0.2, 0) is 14.9 Å². The number of rotatable bonds is 3. The minimum atomic E-state index is -3.94. The number of hydrogen-bond acceptors (Lipinski definition) is 7. The van der Waals surface area contributed by atoms with E-state index in [0.29, 0.717) is 4.41 Å². The van der Waals surface area contributed by atoms with Gasteiger partial charge in [-0.3, -0.25) is 4.90 Å². The quantitative estimate of drug-likeness (QED) is 0.739. The van der Waals surface area contributed by atoms with Gasteiger partial charge in [-0.25, -0.2) is 14.3 Å². The second kappa shape index (κ2) is 5.89. The number of cyclic esters (lactones) is 1. The maximum Gasteiger partial charge on any atom is 0.416 e. The van der Waals surface area contributed by atoms with E-state index in [2.05, 4.69) is 9.84 Å². The summed E-state index contributed by atoms with van der Waals surface area (Å²) in [6.45, 7) is 0.0357. The summed E-state index contributed by atoms with van der Waals surface area (Å²) in [5.41, 5.74) is 0.391. The lowest BCUT2D eigenvalue weighted by Crippen LogP contribution is -2.43. The average Bonchev–Trinajstić information content (AvgIpc) is 2.85. The largest absolute Gasteiger partial charge is 0.417 e. The molecular formula is C12H14FN5O5S. The topological polar surface area (TPSA) is 129 Å². The zero-order chi connectivity index (χ0) is 17.5. The highest BCUT2D eigenvalue weighted by Gasteiger charge is 2.31. The molecule has 12 heteroatoms. The summed E-state index contributed by atoms with van der Waals surface area (Å²) in [6.07, 6.45) is -0.864. The second-order valence-electron chi connectivity index (χ2n) is 5.10. The van der Waals surface area contributed by atoms with Gasteiger partial charge >= 0.3 is 16.3 Å². The van der Waals surface area contributed by atoms with Crippen molar-refractivity contribution in [2.24, 2.45) is 10.2 Å². The molecule has 3 N–H and O–H groups in total. The molecular weight excluding hydrogens is 345 g/mol. The number of ether oxygens (including phenoxy) is 1. The predicted octanol–water partition coefficient (Wildman–Crippen LogP) is -0.630. The third-order valence-corrected chi connectivity index (χ3v) is 4.36. The molecule has 0 aromatic heterocycles. The maximum atomic E-state index is 14.3. The number of aliphatic hydroxyl groups excluding tert-OH is 1. The summed E-state index contributed by atoms with van der Waals surface area (Å²) in [4.78, 5) is 14.0. The number of β-amino-alcohol motifs (C(OH)–C–C–N with tert-alkyl or cyclic N) is 1. The van der Waals surface area contributed by atoms with Crippen LogP contribution in [0, 0.1) is 5.82 Å². The Morgan fingerprint density at radius 1 is 1.38 bits per heavy atom. The molecule has 3 rings (SSSR count). The summed E-state index contributed by atoms with van der Waals surface area (Å²) in [5.74, 6) is -0.641. The van der Waals surface area contributed by atoms with Crippen molar-refractivity contribution >= 4 is 34.0 Å². The molecule has 0 aliphatic carbocycles. The molecule has 10 nitrogen and oxygen atoms in total. The summed E-state index contributed by atoms with van der Waals surface area (Å²) >= 11 is 0. The lowest BCUT2D eigenvalue weighted by atomic mass is 10.2. The maximum absolute atomic E-state index is 14.3. The molecule has 1 fully saturated rings. The SMILES string of the molecule is NS(=O)(=O)N1CCN(c2ccc(N3C[C@H](O)OC3=O)cc2F)C=N1. The zero-order valence-corrected chi connectivity index (χ0v) is 13.1. The monoisotopic (exact) mass is 359 g/mol. The van der Waals surface area contributed by atoms with Crippen LogP contribution in [0.15, 0.2) is 23.3 Å². The fourth-order valence-electron chi connectivity index (χ4n) is 2.36. The standard InChI is InChI=1S/C12H14FN5O5S/c13-9-5-8(17-6-11(19)23-12(17)20)1-2-10(9)16-3-4-18(15-7-16)24(14,21)22/h1-2,5,7,11,19H,3-4,6H2,(H2,14,21,22)/t11-/m1/s1. The first kappa shape index (κ1) is 16.4. The molecule has 0 spiro atoms. The lowest BCUT2D eigenvalue weighted by molar-refractivity contribution is -0.0148. The van der Waals surface area contributed by atoms with Gasteiger partial charge in [-0.15, -0.1) is 0 Å². The lowest BCUT2D eigenvalue weighted by Gasteiger charge is -2.28. The summed E-state index contributed by atoms with van der Waals surface area (Å²) in [6, 6.07) is 4.02. The molecule has 0 bridgehead atoms. The predicted molar refractivity (Wildman–Crippen MR) is 81.9 cm³/mol. The number of halogens is 1. The smallest absolute Gasteiger partial charge is 0.416 e. The number of carbonyl (C=O) groups excluding carboxylic acids is 1. The molecule has 1 aromatic rings. The number of aliphatic hydroxyl groups is 1. The molecule has 1 aromatic carbocycles. The molecule has 1 amide bonds. The summed E-state index contributed by atoms with van der Waals surface area (Å²) in [5, 5.41) is 17.9. The first-order chi connectivity index (χ1) is 11.3. The van der Waals surface area contributed by atoms with Crippen molar-refractivity contribution in [2.75, 3.05) is 29.4 Å². The minimum absolute atomic E-state index is 0.0266. The second-order valence-corrected chi connectivity index (χ2v) is 6.55. The van der Waals surface area contributed by atoms with E-state index >= 15 is 0 Å². The number of nitrogens with zero attached hydrogens (tertiary/aromatic N) is 4. The molecule has 0 unspecified atom stereocenters. The van der Waals surface area contributed by atoms with Crippen LogP contribution in [0.3, 0.4) is 0 Å². The molecule has 0 saturated carbocycles. The molecule has 2 aliphatic heterocycles. The Labute approximate surface area is 136 Å². The van der Waals surface area contributed by atoms with Crippen molar-refractivity contribution in [3.8, 4) is 0 Å². The van der Waals surface area contributed by atoms with Crippen molar-refractivity contribution in [1.82, 2.24) is 4.41 Å². The fraction of sp³-hybridized carbons (Fsp3) is 0.333. The number of hydrogen-bond donors (Lipinski definition) is 2. The Hall–Kier alpha value is -2.44. The molecule has 1 saturated heterocycles. The summed E-state index contributed by atoms with van der Waals surface area (Å²) in [7, 11) is -3.94. The van der Waals surface area contributed by atoms with E-state index in [4.69, 9.17) is 5.14 Å². The molecule has 2 heterocycles. The Morgan fingerprint density at radius 2 is 2.12 bits per heavy atom. The van der Waals surface area contributed by atoms with Gasteiger partial charge in [0, 0.05) is 6.54 Å². The van der Waals surface area contributed by atoms with E-state index in [1.807, 2.05) is 0 Å². The van der Waals surface area contributed by atoms with Crippen molar-refractivity contribution in [3.05, 3.63) is 24.0 Å². The first-order valence-electron chi connectivity index (χ1n) is 6.82. The van der Waals surface area contributed by atoms with Gasteiger partial charge in [0.25, 0.3) is 0 Å². The Bertz CT molecular complexity index is 801. The van der Waals surface area contributed by atoms with E-state index < -0.39 is 28.4 Å². The molecule has 1 atom stereocenters. The highest BCUT2D eigenvalue weighted by atomic mass is 32.2. The van der Waals surface area contributed by atoms with E-state index in [9.17, 15) is 22.7 Å². The molecule has 0 radical (unpaired) electrons. The highest BCUT2D eigenvalue weighted by Crippen LogP contribution is 2.27. The normalized spacial score (nSPS) is 21.4. The van der Waals surface area contributed by atoms with Crippen LogP contribution in [0.1, 0.15) is 0 Å². The third-order valence-electron chi connectivity index (χ3n) is 3.49.